The molecule has 13 heteroatoms. The molecular formula is C35H40N6O5S2. The molecule has 0 radical (unpaired) electrons. The number of rotatable bonds is 21. The van der Waals surface area contributed by atoms with E-state index < -0.39 is 5.97 Å². The lowest BCUT2D eigenvalue weighted by Crippen LogP contribution is -2.12. The highest BCUT2D eigenvalue weighted by molar-refractivity contribution is 7.30. The molecule has 4 aromatic rings. The van der Waals surface area contributed by atoms with Crippen molar-refractivity contribution < 1.29 is 23.8 Å². The number of fused-ring (bicyclic) bond motifs is 1. The van der Waals surface area contributed by atoms with Crippen LogP contribution in [-0.2, 0) is 19.1 Å². The Hall–Kier alpha value is -4.75. The molecule has 2 aromatic carbocycles. The molecule has 0 atom stereocenters. The van der Waals surface area contributed by atoms with Gasteiger partial charge in [-0.2, -0.15) is 0 Å². The third-order valence-electron chi connectivity index (χ3n) is 6.92. The largest absolute Gasteiger partial charge is 0.494 e. The van der Waals surface area contributed by atoms with Crippen molar-refractivity contribution in [3.05, 3.63) is 79.4 Å². The first-order valence-electron chi connectivity index (χ1n) is 15.8. The Labute approximate surface area is 288 Å². The molecule has 0 aliphatic rings. The number of nitrogens with zero attached hydrogens (tertiary/aromatic N) is 5. The number of unbranched alkanes of at least 4 members (excludes halogenated alkanes) is 6. The van der Waals surface area contributed by atoms with Crippen LogP contribution in [0.1, 0.15) is 50.5 Å². The maximum atomic E-state index is 11.1. The van der Waals surface area contributed by atoms with E-state index in [-0.39, 0.29) is 12.6 Å². The van der Waals surface area contributed by atoms with Crippen molar-refractivity contribution in [3.8, 4) is 5.75 Å². The fourth-order valence-corrected chi connectivity index (χ4v) is 6.26. The van der Waals surface area contributed by atoms with Crippen molar-refractivity contribution in [1.29, 1.82) is 0 Å². The zero-order chi connectivity index (χ0) is 34.0. The standard InChI is InChI=1S/C35H40N6O5S2/c1-4-32(42)45-21-12-10-8-6-7-9-11-20-44-28-16-13-26(14-17-28)38-40-31-24-30-34(48-31)37-35(47-30)41-39-29-18-15-27(23-25(29)3)36-19-22-46-33(43)5-2/h4-5,13-18,23-24,36H,1-2,6-12,19-22H2,3H3. The quantitative estimate of drug-likeness (QED) is 0.0398. The lowest BCUT2D eigenvalue weighted by atomic mass is 10.1. The van der Waals surface area contributed by atoms with E-state index in [9.17, 15) is 9.59 Å². The number of benzene rings is 2. The summed E-state index contributed by atoms with van der Waals surface area (Å²) >= 11 is 2.90. The zero-order valence-electron chi connectivity index (χ0n) is 27.1. The SMILES string of the molecule is C=CC(=O)OCCCCCCCCCOc1ccc(N=Nc2cc3sc(N=Nc4ccc(NCCOC(=O)C=C)cc4C)nc3s2)cc1. The van der Waals surface area contributed by atoms with Gasteiger partial charge >= 0.3 is 11.9 Å². The van der Waals surface area contributed by atoms with E-state index >= 15 is 0 Å². The molecular weight excluding hydrogens is 649 g/mol. The second-order valence-corrected chi connectivity index (χ2v) is 12.7. The lowest BCUT2D eigenvalue weighted by molar-refractivity contribution is -0.138. The Kier molecular flexibility index (Phi) is 14.9. The van der Waals surface area contributed by atoms with Crippen LogP contribution in [0.15, 0.2) is 94.3 Å². The average molecular weight is 689 g/mol. The Balaban J connectivity index is 1.14. The van der Waals surface area contributed by atoms with Crippen LogP contribution in [0.4, 0.5) is 27.2 Å². The van der Waals surface area contributed by atoms with Crippen molar-refractivity contribution in [2.24, 2.45) is 20.5 Å². The van der Waals surface area contributed by atoms with E-state index in [1.54, 1.807) is 0 Å². The third kappa shape index (κ3) is 12.5. The van der Waals surface area contributed by atoms with Crippen LogP contribution in [0, 0.1) is 6.92 Å². The van der Waals surface area contributed by atoms with Crippen molar-refractivity contribution in [3.63, 3.8) is 0 Å². The molecule has 0 aliphatic carbocycles. The average Bonchev–Trinajstić information content (AvgIpc) is 3.66. The first-order valence-corrected chi connectivity index (χ1v) is 17.5. The number of esters is 2. The van der Waals surface area contributed by atoms with E-state index in [0.29, 0.717) is 24.9 Å². The fraction of sp³-hybridized carbons (Fsp3) is 0.343. The number of aromatic nitrogens is 1. The molecule has 2 heterocycles. The number of thiophene rings is 1. The molecule has 252 valence electrons. The predicted octanol–water partition coefficient (Wildman–Crippen LogP) is 10.5. The van der Waals surface area contributed by atoms with E-state index in [1.807, 2.05) is 55.5 Å². The number of thiazole rings is 1. The summed E-state index contributed by atoms with van der Waals surface area (Å²) in [4.78, 5) is 27.5. The first-order chi connectivity index (χ1) is 23.4. The van der Waals surface area contributed by atoms with Crippen molar-refractivity contribution in [1.82, 2.24) is 4.98 Å². The summed E-state index contributed by atoms with van der Waals surface area (Å²) in [5.41, 5.74) is 3.34. The van der Waals surface area contributed by atoms with Crippen LogP contribution in [0.2, 0.25) is 0 Å². The summed E-state index contributed by atoms with van der Waals surface area (Å²) in [6, 6.07) is 15.3. The second-order valence-electron chi connectivity index (χ2n) is 10.6. The van der Waals surface area contributed by atoms with Gasteiger partial charge < -0.3 is 19.5 Å². The van der Waals surface area contributed by atoms with E-state index in [1.165, 1.54) is 41.6 Å². The van der Waals surface area contributed by atoms with E-state index in [2.05, 4.69) is 43.9 Å². The number of carbonyl (C=O) groups excluding carboxylic acids is 2. The van der Waals surface area contributed by atoms with Crippen molar-refractivity contribution >= 4 is 71.3 Å². The number of carbonyl (C=O) groups is 2. The molecule has 48 heavy (non-hydrogen) atoms. The minimum Gasteiger partial charge on any atom is -0.494 e. The van der Waals surface area contributed by atoms with Crippen LogP contribution in [0.5, 0.6) is 5.75 Å². The molecule has 0 amide bonds. The smallest absolute Gasteiger partial charge is 0.330 e. The van der Waals surface area contributed by atoms with Crippen molar-refractivity contribution in [2.75, 3.05) is 31.7 Å². The number of nitrogens with one attached hydrogen (secondary N) is 1. The molecule has 0 spiro atoms. The lowest BCUT2D eigenvalue weighted by Gasteiger charge is -2.08. The molecule has 2 aromatic heterocycles. The molecule has 0 saturated carbocycles. The van der Waals surface area contributed by atoms with Gasteiger partial charge in [0.15, 0.2) is 0 Å². The number of azo groups is 2. The second kappa shape index (κ2) is 19.8. The van der Waals surface area contributed by atoms with Crippen molar-refractivity contribution in [2.45, 2.75) is 51.9 Å². The summed E-state index contributed by atoms with van der Waals surface area (Å²) in [6.07, 6.45) is 9.93. The highest BCUT2D eigenvalue weighted by Gasteiger charge is 2.09. The maximum absolute atomic E-state index is 11.1. The normalized spacial score (nSPS) is 11.3. The first kappa shape index (κ1) is 36.1. The van der Waals surface area contributed by atoms with E-state index in [4.69, 9.17) is 14.2 Å². The molecule has 0 aliphatic heterocycles. The van der Waals surface area contributed by atoms with Gasteiger partial charge in [0, 0.05) is 24.4 Å². The summed E-state index contributed by atoms with van der Waals surface area (Å²) in [5, 5.41) is 22.0. The predicted molar refractivity (Wildman–Crippen MR) is 192 cm³/mol. The van der Waals surface area contributed by atoms with E-state index in [0.717, 1.165) is 81.1 Å². The van der Waals surface area contributed by atoms with Crippen LogP contribution in [0.3, 0.4) is 0 Å². The van der Waals surface area contributed by atoms with Gasteiger partial charge in [0.1, 0.15) is 22.2 Å². The minimum atomic E-state index is -0.440. The molecule has 11 nitrogen and oxygen atoms in total. The highest BCUT2D eigenvalue weighted by Crippen LogP contribution is 2.39. The summed E-state index contributed by atoms with van der Waals surface area (Å²) in [6.45, 7) is 10.6. The molecule has 0 unspecified atom stereocenters. The highest BCUT2D eigenvalue weighted by atomic mass is 32.1. The van der Waals surface area contributed by atoms with Crippen LogP contribution in [-0.4, -0.2) is 43.3 Å². The number of hydrogen-bond acceptors (Lipinski definition) is 13. The molecule has 0 fully saturated rings. The molecule has 1 N–H and O–H groups in total. The molecule has 4 rings (SSSR count). The van der Waals surface area contributed by atoms with Gasteiger partial charge in [-0.3, -0.25) is 0 Å². The minimum absolute atomic E-state index is 0.253. The Bertz CT molecular complexity index is 1680. The van der Waals surface area contributed by atoms with Crippen LogP contribution < -0.4 is 10.1 Å². The van der Waals surface area contributed by atoms with Gasteiger partial charge in [-0.05, 0) is 73.9 Å². The number of hydrogen-bond donors (Lipinski definition) is 1. The van der Waals surface area contributed by atoms with Crippen LogP contribution >= 0.6 is 22.7 Å². The molecule has 0 bridgehead atoms. The summed E-state index contributed by atoms with van der Waals surface area (Å²) in [7, 11) is 0. The fourth-order valence-electron chi connectivity index (χ4n) is 4.41. The van der Waals surface area contributed by atoms with Gasteiger partial charge in [-0.15, -0.1) is 20.5 Å². The Morgan fingerprint density at radius 3 is 2.17 bits per heavy atom. The zero-order valence-corrected chi connectivity index (χ0v) is 28.7. The summed E-state index contributed by atoms with van der Waals surface area (Å²) < 4.78 is 16.8. The maximum Gasteiger partial charge on any atom is 0.330 e. The summed E-state index contributed by atoms with van der Waals surface area (Å²) in [5.74, 6) is 0.0253. The monoisotopic (exact) mass is 688 g/mol. The number of anilines is 1. The van der Waals surface area contributed by atoms with Gasteiger partial charge in [-0.1, -0.05) is 67.9 Å². The molecule has 0 saturated heterocycles. The number of ether oxygens (including phenoxy) is 3. The van der Waals surface area contributed by atoms with Gasteiger partial charge in [0.2, 0.25) is 5.13 Å². The topological polar surface area (TPSA) is 136 Å². The van der Waals surface area contributed by atoms with Gasteiger partial charge in [0.05, 0.1) is 29.3 Å². The number of aryl methyl sites for hydroxylation is 1. The Morgan fingerprint density at radius 2 is 1.48 bits per heavy atom. The van der Waals surface area contributed by atoms with Gasteiger partial charge in [-0.25, -0.2) is 14.6 Å². The van der Waals surface area contributed by atoms with Gasteiger partial charge in [0.25, 0.3) is 0 Å². The third-order valence-corrected chi connectivity index (χ3v) is 8.85. The Morgan fingerprint density at radius 1 is 0.792 bits per heavy atom. The van der Waals surface area contributed by atoms with Crippen LogP contribution in [0.25, 0.3) is 9.53 Å².